The van der Waals surface area contributed by atoms with Crippen LogP contribution in [0.2, 0.25) is 0 Å². The lowest BCUT2D eigenvalue weighted by atomic mass is 10.2. The molecule has 100 valence electrons. The van der Waals surface area contributed by atoms with Gasteiger partial charge in [0.05, 0.1) is 6.54 Å². The van der Waals surface area contributed by atoms with E-state index in [0.29, 0.717) is 23.9 Å². The van der Waals surface area contributed by atoms with Gasteiger partial charge >= 0.3 is 0 Å². The molecule has 0 saturated heterocycles. The Hall–Kier alpha value is -2.69. The minimum absolute atomic E-state index is 0.284. The third-order valence-electron chi connectivity index (χ3n) is 2.76. The molecule has 4 nitrogen and oxygen atoms in total. The van der Waals surface area contributed by atoms with Crippen LogP contribution in [0.4, 0.5) is 10.1 Å². The highest BCUT2D eigenvalue weighted by atomic mass is 19.1. The Bertz CT molecular complexity index is 697. The minimum Gasteiger partial charge on any atom is -0.378 e. The molecule has 2 aromatic carbocycles. The number of rotatable bonds is 4. The molecule has 0 unspecified atom stereocenters. The van der Waals surface area contributed by atoms with E-state index in [1.807, 2.05) is 30.3 Å². The molecule has 0 aliphatic carbocycles. The van der Waals surface area contributed by atoms with E-state index < -0.39 is 0 Å². The van der Waals surface area contributed by atoms with Gasteiger partial charge in [-0.05, 0) is 30.3 Å². The lowest BCUT2D eigenvalue weighted by Crippen LogP contribution is -2.01. The smallest absolute Gasteiger partial charge is 0.257 e. The first-order chi connectivity index (χ1) is 9.81. The van der Waals surface area contributed by atoms with E-state index in [4.69, 9.17) is 4.52 Å². The summed E-state index contributed by atoms with van der Waals surface area (Å²) >= 11 is 0. The zero-order valence-corrected chi connectivity index (χ0v) is 10.6. The van der Waals surface area contributed by atoms with E-state index in [1.54, 1.807) is 12.1 Å². The Kier molecular flexibility index (Phi) is 3.41. The maximum absolute atomic E-state index is 13.0. The zero-order valence-electron chi connectivity index (χ0n) is 10.6. The van der Waals surface area contributed by atoms with Gasteiger partial charge in [-0.2, -0.15) is 4.98 Å². The number of nitrogens with zero attached hydrogens (tertiary/aromatic N) is 2. The molecular weight excluding hydrogens is 257 g/mol. The van der Waals surface area contributed by atoms with E-state index in [0.717, 1.165) is 5.56 Å². The fourth-order valence-corrected chi connectivity index (χ4v) is 1.80. The van der Waals surface area contributed by atoms with Crippen LogP contribution >= 0.6 is 0 Å². The van der Waals surface area contributed by atoms with E-state index >= 15 is 0 Å². The van der Waals surface area contributed by atoms with Crippen molar-refractivity contribution in [3.8, 4) is 11.5 Å². The largest absolute Gasteiger partial charge is 0.378 e. The molecule has 5 heteroatoms. The number of aromatic nitrogens is 2. The van der Waals surface area contributed by atoms with Gasteiger partial charge in [-0.15, -0.1) is 0 Å². The van der Waals surface area contributed by atoms with Crippen LogP contribution in [0.1, 0.15) is 5.82 Å². The van der Waals surface area contributed by atoms with E-state index in [9.17, 15) is 4.39 Å². The van der Waals surface area contributed by atoms with Gasteiger partial charge in [0.1, 0.15) is 5.82 Å². The van der Waals surface area contributed by atoms with E-state index in [-0.39, 0.29) is 5.82 Å². The van der Waals surface area contributed by atoms with Crippen LogP contribution < -0.4 is 5.32 Å². The Balaban J connectivity index is 1.69. The van der Waals surface area contributed by atoms with Crippen molar-refractivity contribution >= 4 is 5.69 Å². The summed E-state index contributed by atoms with van der Waals surface area (Å²) in [4.78, 5) is 4.28. The molecule has 0 fully saturated rings. The number of halogens is 1. The average Bonchev–Trinajstić information content (AvgIpc) is 2.95. The Morgan fingerprint density at radius 3 is 2.70 bits per heavy atom. The number of anilines is 1. The summed E-state index contributed by atoms with van der Waals surface area (Å²) in [7, 11) is 0. The first-order valence-corrected chi connectivity index (χ1v) is 6.19. The van der Waals surface area contributed by atoms with E-state index in [1.165, 1.54) is 12.1 Å². The van der Waals surface area contributed by atoms with Crippen molar-refractivity contribution in [3.05, 3.63) is 66.2 Å². The second-order valence-corrected chi connectivity index (χ2v) is 4.25. The molecule has 1 heterocycles. The normalized spacial score (nSPS) is 10.4. The van der Waals surface area contributed by atoms with Gasteiger partial charge in [0.15, 0.2) is 5.82 Å². The van der Waals surface area contributed by atoms with E-state index in [2.05, 4.69) is 15.5 Å². The summed E-state index contributed by atoms with van der Waals surface area (Å²) in [6.07, 6.45) is 0. The van der Waals surface area contributed by atoms with Crippen molar-refractivity contribution in [1.29, 1.82) is 0 Å². The third-order valence-corrected chi connectivity index (χ3v) is 2.76. The topological polar surface area (TPSA) is 51.0 Å². The third kappa shape index (κ3) is 2.83. The molecule has 1 aromatic heterocycles. The van der Waals surface area contributed by atoms with Crippen LogP contribution in [-0.2, 0) is 6.54 Å². The van der Waals surface area contributed by atoms with Crippen LogP contribution in [-0.4, -0.2) is 10.1 Å². The molecule has 0 spiro atoms. The number of hydrogen-bond donors (Lipinski definition) is 1. The molecule has 3 rings (SSSR count). The lowest BCUT2D eigenvalue weighted by Gasteiger charge is -2.02. The van der Waals surface area contributed by atoms with Gasteiger partial charge in [0.25, 0.3) is 5.89 Å². The van der Waals surface area contributed by atoms with Crippen LogP contribution in [0.5, 0.6) is 0 Å². The maximum Gasteiger partial charge on any atom is 0.257 e. The summed E-state index contributed by atoms with van der Waals surface area (Å²) in [5, 5.41) is 6.93. The first kappa shape index (κ1) is 12.3. The zero-order chi connectivity index (χ0) is 13.8. The van der Waals surface area contributed by atoms with Crippen LogP contribution in [0, 0.1) is 5.82 Å². The van der Waals surface area contributed by atoms with Crippen molar-refractivity contribution in [2.75, 3.05) is 5.32 Å². The molecule has 0 aliphatic rings. The molecule has 0 amide bonds. The molecule has 20 heavy (non-hydrogen) atoms. The summed E-state index contributed by atoms with van der Waals surface area (Å²) in [5.41, 5.74) is 1.55. The molecule has 0 atom stereocenters. The monoisotopic (exact) mass is 269 g/mol. The summed E-state index contributed by atoms with van der Waals surface area (Å²) in [5.74, 6) is 0.711. The summed E-state index contributed by atoms with van der Waals surface area (Å²) in [6.45, 7) is 0.375. The predicted octanol–water partition coefficient (Wildman–Crippen LogP) is 3.49. The van der Waals surface area contributed by atoms with Crippen LogP contribution in [0.25, 0.3) is 11.5 Å². The highest BCUT2D eigenvalue weighted by molar-refractivity contribution is 5.52. The van der Waals surface area contributed by atoms with Gasteiger partial charge in [-0.25, -0.2) is 4.39 Å². The van der Waals surface area contributed by atoms with Crippen molar-refractivity contribution in [2.24, 2.45) is 0 Å². The highest BCUT2D eigenvalue weighted by Gasteiger charge is 2.07. The fourth-order valence-electron chi connectivity index (χ4n) is 1.80. The van der Waals surface area contributed by atoms with Gasteiger partial charge in [-0.1, -0.05) is 29.4 Å². The van der Waals surface area contributed by atoms with Gasteiger partial charge < -0.3 is 9.84 Å². The molecule has 3 aromatic rings. The van der Waals surface area contributed by atoms with Crippen molar-refractivity contribution in [2.45, 2.75) is 6.54 Å². The van der Waals surface area contributed by atoms with Gasteiger partial charge in [0.2, 0.25) is 0 Å². The lowest BCUT2D eigenvalue weighted by molar-refractivity contribution is 0.423. The second-order valence-electron chi connectivity index (χ2n) is 4.25. The Morgan fingerprint density at radius 1 is 1.05 bits per heavy atom. The molecule has 0 aliphatic heterocycles. The summed E-state index contributed by atoms with van der Waals surface area (Å²) < 4.78 is 18.2. The molecular formula is C15H12FN3O. The average molecular weight is 269 g/mol. The quantitative estimate of drug-likeness (QED) is 0.787. The SMILES string of the molecule is Fc1cccc(NCc2noc(-c3ccccc3)n2)c1. The van der Waals surface area contributed by atoms with Crippen molar-refractivity contribution < 1.29 is 8.91 Å². The first-order valence-electron chi connectivity index (χ1n) is 6.19. The highest BCUT2D eigenvalue weighted by Crippen LogP contribution is 2.16. The molecule has 1 N–H and O–H groups in total. The predicted molar refractivity (Wildman–Crippen MR) is 73.5 cm³/mol. The van der Waals surface area contributed by atoms with Crippen molar-refractivity contribution in [1.82, 2.24) is 10.1 Å². The number of benzene rings is 2. The van der Waals surface area contributed by atoms with Crippen LogP contribution in [0.3, 0.4) is 0 Å². The Morgan fingerprint density at radius 2 is 1.90 bits per heavy atom. The summed E-state index contributed by atoms with van der Waals surface area (Å²) in [6, 6.07) is 15.8. The number of hydrogen-bond acceptors (Lipinski definition) is 4. The number of nitrogens with one attached hydrogen (secondary N) is 1. The van der Waals surface area contributed by atoms with Crippen LogP contribution in [0.15, 0.2) is 59.1 Å². The molecule has 0 bridgehead atoms. The second kappa shape index (κ2) is 5.52. The standard InChI is InChI=1S/C15H12FN3O/c16-12-7-4-8-13(9-12)17-10-14-18-15(20-19-14)11-5-2-1-3-6-11/h1-9,17H,10H2. The van der Waals surface area contributed by atoms with Gasteiger partial charge in [-0.3, -0.25) is 0 Å². The maximum atomic E-state index is 13.0. The van der Waals surface area contributed by atoms with Crippen molar-refractivity contribution in [3.63, 3.8) is 0 Å². The minimum atomic E-state index is -0.284. The Labute approximate surface area is 115 Å². The van der Waals surface area contributed by atoms with Gasteiger partial charge in [0, 0.05) is 11.3 Å². The fraction of sp³-hybridized carbons (Fsp3) is 0.0667. The molecule has 0 saturated carbocycles. The molecule has 0 radical (unpaired) electrons.